The van der Waals surface area contributed by atoms with Gasteiger partial charge in [-0.1, -0.05) is 11.6 Å². The van der Waals surface area contributed by atoms with Crippen molar-refractivity contribution in [3.05, 3.63) is 45.4 Å². The van der Waals surface area contributed by atoms with Crippen LogP contribution in [0.15, 0.2) is 30.6 Å². The Morgan fingerprint density at radius 3 is 2.61 bits per heavy atom. The lowest BCUT2D eigenvalue weighted by molar-refractivity contribution is -0.130. The van der Waals surface area contributed by atoms with E-state index in [2.05, 4.69) is 4.98 Å². The van der Waals surface area contributed by atoms with Crippen LogP contribution in [0.1, 0.15) is 21.7 Å². The molecule has 3 rings (SSSR count). The monoisotopic (exact) mass is 351 g/mol. The molecule has 0 spiro atoms. The van der Waals surface area contributed by atoms with E-state index < -0.39 is 0 Å². The van der Waals surface area contributed by atoms with E-state index in [1.54, 1.807) is 18.5 Å². The summed E-state index contributed by atoms with van der Waals surface area (Å²) in [4.78, 5) is 32.3. The quantitative estimate of drug-likeness (QED) is 0.924. The molecule has 0 unspecified atom stereocenters. The van der Waals surface area contributed by atoms with Gasteiger partial charge in [0.05, 0.1) is 16.3 Å². The summed E-state index contributed by atoms with van der Waals surface area (Å²) in [5, 5.41) is 0. The number of hydrogen-bond acceptors (Lipinski definition) is 3. The molecule has 0 aromatic carbocycles. The van der Waals surface area contributed by atoms with Crippen molar-refractivity contribution in [2.45, 2.75) is 12.8 Å². The normalized spacial score (nSPS) is 15.5. The molecule has 0 radical (unpaired) electrons. The minimum absolute atomic E-state index is 0.0191. The molecule has 1 N–H and O–H groups in total. The van der Waals surface area contributed by atoms with Crippen molar-refractivity contribution >= 4 is 34.8 Å². The zero-order valence-electron chi connectivity index (χ0n) is 12.6. The van der Waals surface area contributed by atoms with Gasteiger partial charge in [-0.3, -0.25) is 9.59 Å². The van der Waals surface area contributed by atoms with Crippen molar-refractivity contribution in [3.8, 4) is 0 Å². The van der Waals surface area contributed by atoms with Gasteiger partial charge in [0.25, 0.3) is 5.91 Å². The summed E-state index contributed by atoms with van der Waals surface area (Å²) >= 11 is 7.34. The lowest BCUT2D eigenvalue weighted by Crippen LogP contribution is -2.37. The Labute approximate surface area is 143 Å². The van der Waals surface area contributed by atoms with Crippen LogP contribution >= 0.6 is 22.9 Å². The standard InChI is InChI=1S/C16H18ClN3O2S/c17-14-3-2-13(23-14)10-15(21)19-6-1-7-20(9-8-19)16(22)12-4-5-18-11-12/h2-5,11,18H,1,6-10H2. The molecule has 23 heavy (non-hydrogen) atoms. The summed E-state index contributed by atoms with van der Waals surface area (Å²) < 4.78 is 0.701. The van der Waals surface area contributed by atoms with Gasteiger partial charge in [-0.05, 0) is 24.6 Å². The van der Waals surface area contributed by atoms with E-state index in [0.29, 0.717) is 42.5 Å². The molecule has 1 fully saturated rings. The van der Waals surface area contributed by atoms with E-state index in [9.17, 15) is 9.59 Å². The predicted molar refractivity (Wildman–Crippen MR) is 90.9 cm³/mol. The third kappa shape index (κ3) is 3.95. The number of rotatable bonds is 3. The summed E-state index contributed by atoms with van der Waals surface area (Å²) in [6.07, 6.45) is 4.62. The Kier molecular flexibility index (Phi) is 5.03. The fraction of sp³-hybridized carbons (Fsp3) is 0.375. The smallest absolute Gasteiger partial charge is 0.255 e. The number of carbonyl (C=O) groups is 2. The summed E-state index contributed by atoms with van der Waals surface area (Å²) in [5.41, 5.74) is 0.665. The highest BCUT2D eigenvalue weighted by molar-refractivity contribution is 7.16. The van der Waals surface area contributed by atoms with Crippen LogP contribution in [-0.4, -0.2) is 52.8 Å². The number of H-pyrrole nitrogens is 1. The lowest BCUT2D eigenvalue weighted by Gasteiger charge is -2.21. The molecule has 2 aromatic heterocycles. The summed E-state index contributed by atoms with van der Waals surface area (Å²) in [6, 6.07) is 5.48. The van der Waals surface area contributed by atoms with Crippen molar-refractivity contribution < 1.29 is 9.59 Å². The summed E-state index contributed by atoms with van der Waals surface area (Å²) in [7, 11) is 0. The minimum Gasteiger partial charge on any atom is -0.367 e. The van der Waals surface area contributed by atoms with Crippen molar-refractivity contribution in [3.63, 3.8) is 0 Å². The van der Waals surface area contributed by atoms with Crippen LogP contribution in [0.25, 0.3) is 0 Å². The Hall–Kier alpha value is -1.79. The van der Waals surface area contributed by atoms with Crippen molar-refractivity contribution in [2.24, 2.45) is 0 Å². The number of aromatic nitrogens is 1. The number of amides is 2. The molecule has 1 aliphatic heterocycles. The second-order valence-electron chi connectivity index (χ2n) is 5.51. The lowest BCUT2D eigenvalue weighted by atomic mass is 10.3. The highest BCUT2D eigenvalue weighted by Crippen LogP contribution is 2.22. The maximum Gasteiger partial charge on any atom is 0.255 e. The van der Waals surface area contributed by atoms with Crippen LogP contribution in [0.4, 0.5) is 0 Å². The topological polar surface area (TPSA) is 56.4 Å². The third-order valence-electron chi connectivity index (χ3n) is 3.94. The number of aromatic amines is 1. The average Bonchev–Trinajstić information content (AvgIpc) is 3.13. The number of carbonyl (C=O) groups excluding carboxylic acids is 2. The Morgan fingerprint density at radius 2 is 1.91 bits per heavy atom. The molecule has 2 amide bonds. The van der Waals surface area contributed by atoms with E-state index in [1.165, 1.54) is 11.3 Å². The molecule has 122 valence electrons. The van der Waals surface area contributed by atoms with Gasteiger partial charge in [0.15, 0.2) is 0 Å². The highest BCUT2D eigenvalue weighted by Gasteiger charge is 2.23. The van der Waals surface area contributed by atoms with Gasteiger partial charge in [0.2, 0.25) is 5.91 Å². The summed E-state index contributed by atoms with van der Waals surface area (Å²) in [5.74, 6) is 0.116. The van der Waals surface area contributed by atoms with E-state index in [4.69, 9.17) is 11.6 Å². The second kappa shape index (κ2) is 7.19. The van der Waals surface area contributed by atoms with Gasteiger partial charge in [0, 0.05) is 43.4 Å². The van der Waals surface area contributed by atoms with Crippen LogP contribution < -0.4 is 0 Å². The van der Waals surface area contributed by atoms with Crippen LogP contribution in [0.2, 0.25) is 4.34 Å². The average molecular weight is 352 g/mol. The maximum absolute atomic E-state index is 12.4. The van der Waals surface area contributed by atoms with Crippen molar-refractivity contribution in [1.29, 1.82) is 0 Å². The highest BCUT2D eigenvalue weighted by atomic mass is 35.5. The first-order valence-corrected chi connectivity index (χ1v) is 8.77. The van der Waals surface area contributed by atoms with Crippen LogP contribution in [0.5, 0.6) is 0 Å². The van der Waals surface area contributed by atoms with Gasteiger partial charge in [-0.15, -0.1) is 11.3 Å². The molecule has 0 saturated carbocycles. The van der Waals surface area contributed by atoms with Gasteiger partial charge in [0.1, 0.15) is 0 Å². The zero-order chi connectivity index (χ0) is 16.2. The number of thiophene rings is 1. The Morgan fingerprint density at radius 1 is 1.13 bits per heavy atom. The van der Waals surface area contributed by atoms with Crippen LogP contribution in [-0.2, 0) is 11.2 Å². The Bertz CT molecular complexity index is 683. The fourth-order valence-corrected chi connectivity index (χ4v) is 3.80. The Balaban J connectivity index is 1.57. The number of hydrogen-bond donors (Lipinski definition) is 1. The molecule has 1 aliphatic rings. The SMILES string of the molecule is O=C(Cc1ccc(Cl)s1)N1CCCN(C(=O)c2cc[nH]c2)CC1. The number of nitrogens with zero attached hydrogens (tertiary/aromatic N) is 2. The zero-order valence-corrected chi connectivity index (χ0v) is 14.2. The van der Waals surface area contributed by atoms with E-state index >= 15 is 0 Å². The van der Waals surface area contributed by atoms with Gasteiger partial charge >= 0.3 is 0 Å². The largest absolute Gasteiger partial charge is 0.367 e. The van der Waals surface area contributed by atoms with Gasteiger partial charge in [-0.25, -0.2) is 0 Å². The molecule has 5 nitrogen and oxygen atoms in total. The molecule has 1 saturated heterocycles. The molecule has 0 atom stereocenters. The van der Waals surface area contributed by atoms with Crippen LogP contribution in [0, 0.1) is 0 Å². The molecule has 3 heterocycles. The first kappa shape index (κ1) is 16.1. The first-order chi connectivity index (χ1) is 11.1. The number of halogens is 1. The fourth-order valence-electron chi connectivity index (χ4n) is 2.72. The minimum atomic E-state index is 0.0191. The van der Waals surface area contributed by atoms with Gasteiger partial charge in [-0.2, -0.15) is 0 Å². The summed E-state index contributed by atoms with van der Waals surface area (Å²) in [6.45, 7) is 2.52. The third-order valence-corrected chi connectivity index (χ3v) is 5.17. The van der Waals surface area contributed by atoms with Crippen molar-refractivity contribution in [2.75, 3.05) is 26.2 Å². The molecule has 0 aliphatic carbocycles. The number of nitrogens with one attached hydrogen (secondary N) is 1. The van der Waals surface area contributed by atoms with Gasteiger partial charge < -0.3 is 14.8 Å². The van der Waals surface area contributed by atoms with E-state index in [0.717, 1.165) is 11.3 Å². The van der Waals surface area contributed by atoms with Crippen molar-refractivity contribution in [1.82, 2.24) is 14.8 Å². The second-order valence-corrected chi connectivity index (χ2v) is 7.31. The molecular weight excluding hydrogens is 334 g/mol. The molecule has 0 bridgehead atoms. The van der Waals surface area contributed by atoms with E-state index in [1.807, 2.05) is 21.9 Å². The molecular formula is C16H18ClN3O2S. The first-order valence-electron chi connectivity index (χ1n) is 7.57. The van der Waals surface area contributed by atoms with E-state index in [-0.39, 0.29) is 11.8 Å². The predicted octanol–water partition coefficient (Wildman–Crippen LogP) is 2.65. The molecule has 2 aromatic rings. The van der Waals surface area contributed by atoms with Crippen LogP contribution in [0.3, 0.4) is 0 Å². The molecule has 7 heteroatoms. The maximum atomic E-state index is 12.4.